The summed E-state index contributed by atoms with van der Waals surface area (Å²) in [6.45, 7) is 6.88. The molecule has 0 amide bonds. The van der Waals surface area contributed by atoms with Crippen molar-refractivity contribution in [3.63, 3.8) is 0 Å². The van der Waals surface area contributed by atoms with Gasteiger partial charge in [0.25, 0.3) is 0 Å². The second-order valence-corrected chi connectivity index (χ2v) is 5.63. The van der Waals surface area contributed by atoms with E-state index in [0.717, 1.165) is 12.3 Å². The summed E-state index contributed by atoms with van der Waals surface area (Å²) in [4.78, 5) is 0. The van der Waals surface area contributed by atoms with Crippen LogP contribution in [0.5, 0.6) is 0 Å². The van der Waals surface area contributed by atoms with Gasteiger partial charge in [-0.1, -0.05) is 18.2 Å². The number of hydrogen-bond acceptors (Lipinski definition) is 2. The molecule has 0 aromatic heterocycles. The Morgan fingerprint density at radius 3 is 2.67 bits per heavy atom. The summed E-state index contributed by atoms with van der Waals surface area (Å²) >= 11 is 0. The zero-order chi connectivity index (χ0) is 13.1. The normalized spacial score (nSPS) is 18.7. The highest BCUT2D eigenvalue weighted by atomic mass is 16.3. The molecule has 1 fully saturated rings. The molecule has 1 aromatic carbocycles. The molecule has 0 spiro atoms. The van der Waals surface area contributed by atoms with E-state index in [1.807, 2.05) is 0 Å². The second-order valence-electron chi connectivity index (χ2n) is 5.63. The van der Waals surface area contributed by atoms with E-state index in [4.69, 9.17) is 5.11 Å². The van der Waals surface area contributed by atoms with Crippen molar-refractivity contribution in [3.05, 3.63) is 34.9 Å². The van der Waals surface area contributed by atoms with Crippen LogP contribution in [0.3, 0.4) is 0 Å². The van der Waals surface area contributed by atoms with Crippen LogP contribution in [0.1, 0.15) is 48.9 Å². The van der Waals surface area contributed by atoms with Crippen molar-refractivity contribution in [1.29, 1.82) is 0 Å². The minimum atomic E-state index is 0.285. The van der Waals surface area contributed by atoms with Gasteiger partial charge >= 0.3 is 0 Å². The molecule has 2 atom stereocenters. The minimum Gasteiger partial charge on any atom is -0.396 e. The number of aliphatic hydroxyl groups excluding tert-OH is 1. The molecule has 2 nitrogen and oxygen atoms in total. The first-order valence-corrected chi connectivity index (χ1v) is 7.06. The average molecular weight is 247 g/mol. The topological polar surface area (TPSA) is 32.3 Å². The summed E-state index contributed by atoms with van der Waals surface area (Å²) in [5.74, 6) is 0.782. The third-order valence-electron chi connectivity index (χ3n) is 4.21. The summed E-state index contributed by atoms with van der Waals surface area (Å²) in [7, 11) is 0. The molecule has 1 saturated carbocycles. The first-order valence-electron chi connectivity index (χ1n) is 7.06. The molecule has 100 valence electrons. The zero-order valence-corrected chi connectivity index (χ0v) is 11.7. The van der Waals surface area contributed by atoms with Gasteiger partial charge in [-0.25, -0.2) is 0 Å². The van der Waals surface area contributed by atoms with Gasteiger partial charge in [-0.15, -0.1) is 0 Å². The highest BCUT2D eigenvalue weighted by Crippen LogP contribution is 2.35. The number of rotatable bonds is 6. The van der Waals surface area contributed by atoms with E-state index in [2.05, 4.69) is 44.3 Å². The predicted molar refractivity (Wildman–Crippen MR) is 75.7 cm³/mol. The fourth-order valence-corrected chi connectivity index (χ4v) is 2.75. The van der Waals surface area contributed by atoms with Gasteiger partial charge in [0.15, 0.2) is 0 Å². The van der Waals surface area contributed by atoms with Gasteiger partial charge in [0.05, 0.1) is 0 Å². The van der Waals surface area contributed by atoms with Crippen LogP contribution in [0.25, 0.3) is 0 Å². The molecule has 0 heterocycles. The van der Waals surface area contributed by atoms with Crippen LogP contribution in [0, 0.1) is 19.8 Å². The van der Waals surface area contributed by atoms with Gasteiger partial charge in [-0.05, 0) is 62.6 Å². The van der Waals surface area contributed by atoms with Gasteiger partial charge in [0, 0.05) is 18.7 Å². The highest BCUT2D eigenvalue weighted by Gasteiger charge is 2.31. The number of aliphatic hydroxyl groups is 1. The van der Waals surface area contributed by atoms with Crippen LogP contribution in [0.15, 0.2) is 18.2 Å². The lowest BCUT2D eigenvalue weighted by Gasteiger charge is -2.24. The molecule has 1 aromatic rings. The minimum absolute atomic E-state index is 0.285. The van der Waals surface area contributed by atoms with E-state index < -0.39 is 0 Å². The maximum atomic E-state index is 9.16. The highest BCUT2D eigenvalue weighted by molar-refractivity contribution is 5.35. The lowest BCUT2D eigenvalue weighted by atomic mass is 9.97. The number of aryl methyl sites for hydroxylation is 1. The zero-order valence-electron chi connectivity index (χ0n) is 11.7. The van der Waals surface area contributed by atoms with E-state index in [0.29, 0.717) is 12.1 Å². The molecular formula is C16H25NO. The SMILES string of the molecule is Cc1cccc(C(C)NC(CCO)C2CC2)c1C. The van der Waals surface area contributed by atoms with Gasteiger partial charge in [0.2, 0.25) is 0 Å². The molecule has 2 heteroatoms. The Morgan fingerprint density at radius 1 is 1.33 bits per heavy atom. The molecule has 0 aliphatic heterocycles. The first kappa shape index (κ1) is 13.6. The molecule has 0 saturated heterocycles. The van der Waals surface area contributed by atoms with Crippen molar-refractivity contribution < 1.29 is 5.11 Å². The number of hydrogen-bond donors (Lipinski definition) is 2. The lowest BCUT2D eigenvalue weighted by Crippen LogP contribution is -2.34. The Labute approximate surface area is 110 Å². The van der Waals surface area contributed by atoms with Crippen molar-refractivity contribution in [2.45, 2.75) is 52.1 Å². The first-order chi connectivity index (χ1) is 8.63. The summed E-state index contributed by atoms with van der Waals surface area (Å²) in [5, 5.41) is 12.9. The average Bonchev–Trinajstić information content (AvgIpc) is 3.16. The maximum Gasteiger partial charge on any atom is 0.0445 e. The third-order valence-corrected chi connectivity index (χ3v) is 4.21. The van der Waals surface area contributed by atoms with Crippen LogP contribution in [-0.4, -0.2) is 17.8 Å². The smallest absolute Gasteiger partial charge is 0.0445 e. The Hall–Kier alpha value is -0.860. The van der Waals surface area contributed by atoms with E-state index in [-0.39, 0.29) is 6.61 Å². The molecule has 2 N–H and O–H groups in total. The van der Waals surface area contributed by atoms with Crippen molar-refractivity contribution >= 4 is 0 Å². The third kappa shape index (κ3) is 3.12. The largest absolute Gasteiger partial charge is 0.396 e. The van der Waals surface area contributed by atoms with Gasteiger partial charge in [-0.2, -0.15) is 0 Å². The number of nitrogens with one attached hydrogen (secondary N) is 1. The quantitative estimate of drug-likeness (QED) is 0.809. The summed E-state index contributed by atoms with van der Waals surface area (Å²) in [6.07, 6.45) is 3.51. The monoisotopic (exact) mass is 247 g/mol. The molecule has 0 radical (unpaired) electrons. The van der Waals surface area contributed by atoms with Crippen molar-refractivity contribution in [2.75, 3.05) is 6.61 Å². The second kappa shape index (κ2) is 5.85. The van der Waals surface area contributed by atoms with Crippen molar-refractivity contribution in [1.82, 2.24) is 5.32 Å². The van der Waals surface area contributed by atoms with Crippen LogP contribution in [0.4, 0.5) is 0 Å². The lowest BCUT2D eigenvalue weighted by molar-refractivity contribution is 0.250. The van der Waals surface area contributed by atoms with Crippen LogP contribution < -0.4 is 5.32 Å². The Balaban J connectivity index is 2.05. The molecule has 2 rings (SSSR count). The van der Waals surface area contributed by atoms with Gasteiger partial charge in [0.1, 0.15) is 0 Å². The van der Waals surface area contributed by atoms with E-state index in [9.17, 15) is 0 Å². The van der Waals surface area contributed by atoms with Crippen LogP contribution in [-0.2, 0) is 0 Å². The van der Waals surface area contributed by atoms with E-state index >= 15 is 0 Å². The molecular weight excluding hydrogens is 222 g/mol. The van der Waals surface area contributed by atoms with Crippen molar-refractivity contribution in [3.8, 4) is 0 Å². The molecule has 1 aliphatic carbocycles. The Bertz CT molecular complexity index is 398. The van der Waals surface area contributed by atoms with E-state index in [1.54, 1.807) is 0 Å². The number of benzene rings is 1. The summed E-state index contributed by atoms with van der Waals surface area (Å²) in [6, 6.07) is 7.35. The molecule has 18 heavy (non-hydrogen) atoms. The predicted octanol–water partition coefficient (Wildman–Crippen LogP) is 3.12. The van der Waals surface area contributed by atoms with Crippen molar-refractivity contribution in [2.24, 2.45) is 5.92 Å². The molecule has 1 aliphatic rings. The summed E-state index contributed by atoms with van der Waals surface area (Å²) in [5.41, 5.74) is 4.13. The van der Waals surface area contributed by atoms with Gasteiger partial charge < -0.3 is 10.4 Å². The van der Waals surface area contributed by atoms with Gasteiger partial charge in [-0.3, -0.25) is 0 Å². The fourth-order valence-electron chi connectivity index (χ4n) is 2.75. The van der Waals surface area contributed by atoms with E-state index in [1.165, 1.54) is 29.5 Å². The standard InChI is InChI=1S/C16H25NO/c1-11-5-4-6-15(12(11)2)13(3)17-16(9-10-18)14-7-8-14/h4-6,13-14,16-18H,7-10H2,1-3H3. The molecule has 0 bridgehead atoms. The summed E-state index contributed by atoms with van der Waals surface area (Å²) < 4.78 is 0. The Morgan fingerprint density at radius 2 is 2.06 bits per heavy atom. The Kier molecular flexibility index (Phi) is 4.41. The fraction of sp³-hybridized carbons (Fsp3) is 0.625. The van der Waals surface area contributed by atoms with Crippen LogP contribution in [0.2, 0.25) is 0 Å². The molecule has 2 unspecified atom stereocenters. The maximum absolute atomic E-state index is 9.16. The van der Waals surface area contributed by atoms with Crippen LogP contribution >= 0.6 is 0 Å².